The van der Waals surface area contributed by atoms with Gasteiger partial charge in [0, 0.05) is 12.6 Å². The van der Waals surface area contributed by atoms with E-state index in [0.29, 0.717) is 18.7 Å². The Morgan fingerprint density at radius 2 is 1.71 bits per heavy atom. The summed E-state index contributed by atoms with van der Waals surface area (Å²) in [6.07, 6.45) is 0.494. The van der Waals surface area contributed by atoms with Crippen molar-refractivity contribution in [2.24, 2.45) is 0 Å². The smallest absolute Gasteiger partial charge is 0.286 e. The summed E-state index contributed by atoms with van der Waals surface area (Å²) in [7, 11) is 0.618. The van der Waals surface area contributed by atoms with Crippen LogP contribution in [0.5, 0.6) is 17.2 Å². The van der Waals surface area contributed by atoms with E-state index in [1.165, 1.54) is 43.8 Å². The lowest BCUT2D eigenvalue weighted by Gasteiger charge is -2.19. The van der Waals surface area contributed by atoms with Crippen molar-refractivity contribution in [3.05, 3.63) is 46.0 Å². The molecule has 1 fully saturated rings. The van der Waals surface area contributed by atoms with E-state index in [-0.39, 0.29) is 34.3 Å². The quantitative estimate of drug-likeness (QED) is 0.500. The molecule has 1 amide bonds. The molecule has 0 spiro atoms. The molecule has 12 heteroatoms. The number of nitro groups is 1. The fraction of sp³-hybridized carbons (Fsp3) is 0.316. The Hall–Kier alpha value is -3.54. The first kappa shape index (κ1) is 22.2. The van der Waals surface area contributed by atoms with Crippen LogP contribution in [0.25, 0.3) is 0 Å². The van der Waals surface area contributed by atoms with Crippen molar-refractivity contribution in [3.8, 4) is 17.2 Å². The van der Waals surface area contributed by atoms with Gasteiger partial charge in [0.15, 0.2) is 11.5 Å². The predicted molar refractivity (Wildman–Crippen MR) is 113 cm³/mol. The van der Waals surface area contributed by atoms with E-state index in [1.54, 1.807) is 6.07 Å². The van der Waals surface area contributed by atoms with Gasteiger partial charge in [-0.2, -0.15) is 0 Å². The van der Waals surface area contributed by atoms with E-state index >= 15 is 0 Å². The van der Waals surface area contributed by atoms with Gasteiger partial charge in [-0.3, -0.25) is 19.2 Å². The van der Waals surface area contributed by atoms with Gasteiger partial charge in [0.1, 0.15) is 11.3 Å². The van der Waals surface area contributed by atoms with Crippen molar-refractivity contribution in [3.63, 3.8) is 0 Å². The van der Waals surface area contributed by atoms with Crippen LogP contribution in [-0.4, -0.2) is 52.9 Å². The zero-order chi connectivity index (χ0) is 22.8. The molecule has 1 aliphatic heterocycles. The number of sulfonamides is 1. The molecule has 1 aliphatic rings. The average Bonchev–Trinajstić information content (AvgIpc) is 3.11. The molecule has 0 bridgehead atoms. The van der Waals surface area contributed by atoms with E-state index in [2.05, 4.69) is 5.32 Å². The Labute approximate surface area is 178 Å². The summed E-state index contributed by atoms with van der Waals surface area (Å²) in [4.78, 5) is 23.7. The second-order valence-electron chi connectivity index (χ2n) is 6.56. The monoisotopic (exact) mass is 451 g/mol. The summed E-state index contributed by atoms with van der Waals surface area (Å²) in [5, 5.41) is 14.1. The minimum absolute atomic E-state index is 0.0402. The van der Waals surface area contributed by atoms with Crippen molar-refractivity contribution < 1.29 is 32.3 Å². The zero-order valence-electron chi connectivity index (χ0n) is 17.1. The fourth-order valence-corrected chi connectivity index (χ4v) is 4.83. The van der Waals surface area contributed by atoms with Gasteiger partial charge in [0.05, 0.1) is 49.4 Å². The van der Waals surface area contributed by atoms with Crippen LogP contribution in [0, 0.1) is 10.1 Å². The maximum atomic E-state index is 12.9. The summed E-state index contributed by atoms with van der Waals surface area (Å²) in [6, 6.07) is 6.83. The van der Waals surface area contributed by atoms with Gasteiger partial charge < -0.3 is 19.5 Å². The number of carbonyl (C=O) groups excluding carboxylic acids is 1. The van der Waals surface area contributed by atoms with Gasteiger partial charge in [-0.1, -0.05) is 0 Å². The molecule has 1 saturated heterocycles. The number of methoxy groups -OCH3 is 3. The first-order valence-electron chi connectivity index (χ1n) is 9.12. The van der Waals surface area contributed by atoms with E-state index < -0.39 is 26.5 Å². The highest BCUT2D eigenvalue weighted by molar-refractivity contribution is 7.93. The lowest BCUT2D eigenvalue weighted by molar-refractivity contribution is -0.385. The SMILES string of the molecule is COc1ccc(N2CCCS2(=O)=O)cc1NC(=O)c1cc(OC)c(OC)cc1[N+](=O)[O-]. The number of amides is 1. The van der Waals surface area contributed by atoms with E-state index in [9.17, 15) is 23.3 Å². The Morgan fingerprint density at radius 1 is 1.06 bits per heavy atom. The number of nitro benzene ring substituents is 1. The third kappa shape index (κ3) is 4.33. The maximum Gasteiger partial charge on any atom is 0.286 e. The van der Waals surface area contributed by atoms with Gasteiger partial charge in [-0.25, -0.2) is 8.42 Å². The normalized spacial score (nSPS) is 14.7. The number of anilines is 2. The van der Waals surface area contributed by atoms with Gasteiger partial charge in [0.2, 0.25) is 10.0 Å². The van der Waals surface area contributed by atoms with Crippen molar-refractivity contribution in [2.75, 3.05) is 43.2 Å². The van der Waals surface area contributed by atoms with Gasteiger partial charge in [-0.05, 0) is 24.6 Å². The largest absolute Gasteiger partial charge is 0.495 e. The Morgan fingerprint density at radius 3 is 2.26 bits per heavy atom. The molecule has 0 aliphatic carbocycles. The van der Waals surface area contributed by atoms with Crippen LogP contribution in [0.3, 0.4) is 0 Å². The Bertz CT molecular complexity index is 1130. The standard InChI is InChI=1S/C19H21N3O8S/c1-28-16-6-5-12(21-7-4-8-31(21,26)27)9-14(16)20-19(23)13-10-17(29-2)18(30-3)11-15(13)22(24)25/h5-6,9-11H,4,7-8H2,1-3H3,(H,20,23). The van der Waals surface area contributed by atoms with Crippen LogP contribution in [0.4, 0.5) is 17.1 Å². The van der Waals surface area contributed by atoms with Crippen LogP contribution in [0.15, 0.2) is 30.3 Å². The summed E-state index contributed by atoms with van der Waals surface area (Å²) in [5.74, 6) is -0.255. The van der Waals surface area contributed by atoms with Crippen molar-refractivity contribution in [2.45, 2.75) is 6.42 Å². The number of hydrogen-bond acceptors (Lipinski definition) is 8. The molecule has 1 heterocycles. The number of benzene rings is 2. The van der Waals surface area contributed by atoms with Crippen molar-refractivity contribution in [1.29, 1.82) is 0 Å². The molecule has 2 aromatic rings. The Kier molecular flexibility index (Phi) is 6.20. The number of hydrogen-bond donors (Lipinski definition) is 1. The second kappa shape index (κ2) is 8.68. The molecule has 2 aromatic carbocycles. The molecular formula is C19H21N3O8S. The topological polar surface area (TPSA) is 137 Å². The first-order chi connectivity index (χ1) is 14.7. The van der Waals surface area contributed by atoms with Gasteiger partial charge in [-0.15, -0.1) is 0 Å². The average molecular weight is 451 g/mol. The Balaban J connectivity index is 2.01. The predicted octanol–water partition coefficient (Wildman–Crippen LogP) is 2.41. The van der Waals surface area contributed by atoms with Crippen LogP contribution in [0.2, 0.25) is 0 Å². The van der Waals surface area contributed by atoms with Gasteiger partial charge >= 0.3 is 0 Å². The molecule has 0 saturated carbocycles. The third-order valence-electron chi connectivity index (χ3n) is 4.76. The zero-order valence-corrected chi connectivity index (χ0v) is 17.9. The van der Waals surface area contributed by atoms with Crippen LogP contribution >= 0.6 is 0 Å². The molecule has 3 rings (SSSR count). The lowest BCUT2D eigenvalue weighted by atomic mass is 10.1. The lowest BCUT2D eigenvalue weighted by Crippen LogP contribution is -2.25. The molecule has 166 valence electrons. The molecule has 0 unspecified atom stereocenters. The van der Waals surface area contributed by atoms with E-state index in [0.717, 1.165) is 6.07 Å². The van der Waals surface area contributed by atoms with Crippen molar-refractivity contribution in [1.82, 2.24) is 0 Å². The highest BCUT2D eigenvalue weighted by Gasteiger charge is 2.30. The minimum atomic E-state index is -3.43. The summed E-state index contributed by atoms with van der Waals surface area (Å²) >= 11 is 0. The molecule has 11 nitrogen and oxygen atoms in total. The van der Waals surface area contributed by atoms with E-state index in [4.69, 9.17) is 14.2 Å². The fourth-order valence-electron chi connectivity index (χ4n) is 3.27. The summed E-state index contributed by atoms with van der Waals surface area (Å²) in [5.41, 5.74) is -0.220. The first-order valence-corrected chi connectivity index (χ1v) is 10.7. The third-order valence-corrected chi connectivity index (χ3v) is 6.63. The van der Waals surface area contributed by atoms with Crippen LogP contribution in [-0.2, 0) is 10.0 Å². The molecule has 0 radical (unpaired) electrons. The van der Waals surface area contributed by atoms with Crippen molar-refractivity contribution >= 4 is 33.0 Å². The molecule has 1 N–H and O–H groups in total. The summed E-state index contributed by atoms with van der Waals surface area (Å²) < 4.78 is 41.2. The molecule has 31 heavy (non-hydrogen) atoms. The van der Waals surface area contributed by atoms with Gasteiger partial charge in [0.25, 0.3) is 11.6 Å². The van der Waals surface area contributed by atoms with Crippen LogP contribution < -0.4 is 23.8 Å². The molecule has 0 atom stereocenters. The number of carbonyl (C=O) groups is 1. The molecular weight excluding hydrogens is 430 g/mol. The summed E-state index contributed by atoms with van der Waals surface area (Å²) in [6.45, 7) is 0.323. The maximum absolute atomic E-state index is 12.9. The van der Waals surface area contributed by atoms with Crippen LogP contribution in [0.1, 0.15) is 16.8 Å². The highest BCUT2D eigenvalue weighted by Crippen LogP contribution is 2.36. The second-order valence-corrected chi connectivity index (χ2v) is 8.57. The number of ether oxygens (including phenoxy) is 3. The number of rotatable bonds is 7. The minimum Gasteiger partial charge on any atom is -0.495 e. The van der Waals surface area contributed by atoms with E-state index in [1.807, 2.05) is 0 Å². The number of nitrogens with one attached hydrogen (secondary N) is 1. The molecule has 0 aromatic heterocycles. The number of nitrogens with zero attached hydrogens (tertiary/aromatic N) is 2. The highest BCUT2D eigenvalue weighted by atomic mass is 32.2.